The highest BCUT2D eigenvalue weighted by atomic mass is 16.6. The molecule has 0 aromatic carbocycles. The lowest BCUT2D eigenvalue weighted by atomic mass is 10.0. The molecule has 6 nitrogen and oxygen atoms in total. The van der Waals surface area contributed by atoms with Crippen LogP contribution in [0.3, 0.4) is 0 Å². The molecule has 0 fully saturated rings. The van der Waals surface area contributed by atoms with Gasteiger partial charge < -0.3 is 14.2 Å². The highest BCUT2D eigenvalue weighted by Crippen LogP contribution is 2.16. The van der Waals surface area contributed by atoms with Gasteiger partial charge in [-0.3, -0.25) is 14.4 Å². The molecule has 0 spiro atoms. The minimum absolute atomic E-state index is 0.0969. The number of esters is 3. The number of unbranched alkanes of at least 4 members (excludes halogenated alkanes) is 26. The Morgan fingerprint density at radius 3 is 1.10 bits per heavy atom. The summed E-state index contributed by atoms with van der Waals surface area (Å²) in [5.41, 5.74) is 0. The summed E-state index contributed by atoms with van der Waals surface area (Å²) in [5.74, 6) is -0.938. The average Bonchev–Trinajstić information content (AvgIpc) is 3.33. The number of rotatable bonds is 49. The lowest BCUT2D eigenvalue weighted by Gasteiger charge is -2.18. The molecule has 0 aliphatic carbocycles. The zero-order valence-electron chi connectivity index (χ0n) is 43.6. The molecule has 0 aliphatic rings. The van der Waals surface area contributed by atoms with Crippen LogP contribution in [0, 0.1) is 0 Å². The van der Waals surface area contributed by atoms with Crippen LogP contribution in [0.4, 0.5) is 0 Å². The molecule has 6 heteroatoms. The van der Waals surface area contributed by atoms with Crippen molar-refractivity contribution in [3.63, 3.8) is 0 Å². The van der Waals surface area contributed by atoms with E-state index in [4.69, 9.17) is 14.2 Å². The molecule has 67 heavy (non-hydrogen) atoms. The highest BCUT2D eigenvalue weighted by Gasteiger charge is 2.19. The Balaban J connectivity index is 4.46. The lowest BCUT2D eigenvalue weighted by Crippen LogP contribution is -2.30. The zero-order valence-corrected chi connectivity index (χ0v) is 43.6. The number of carbonyl (C=O) groups excluding carboxylic acids is 3. The first kappa shape index (κ1) is 63.3. The second-order valence-corrected chi connectivity index (χ2v) is 18.2. The third-order valence-electron chi connectivity index (χ3n) is 11.7. The first-order valence-electron chi connectivity index (χ1n) is 27.8. The fourth-order valence-corrected chi connectivity index (χ4v) is 7.55. The van der Waals surface area contributed by atoms with Gasteiger partial charge in [0.05, 0.1) is 0 Å². The molecule has 0 aliphatic heterocycles. The van der Waals surface area contributed by atoms with E-state index in [1.54, 1.807) is 0 Å². The Morgan fingerprint density at radius 1 is 0.328 bits per heavy atom. The van der Waals surface area contributed by atoms with Crippen molar-refractivity contribution >= 4 is 17.9 Å². The molecule has 0 radical (unpaired) electrons. The van der Waals surface area contributed by atoms with Gasteiger partial charge in [0.15, 0.2) is 6.10 Å². The van der Waals surface area contributed by atoms with E-state index < -0.39 is 6.10 Å². The average molecular weight is 931 g/mol. The lowest BCUT2D eigenvalue weighted by molar-refractivity contribution is -0.167. The van der Waals surface area contributed by atoms with Gasteiger partial charge in [0.2, 0.25) is 0 Å². The number of allylic oxidation sites excluding steroid dienone is 16. The predicted octanol–water partition coefficient (Wildman–Crippen LogP) is 18.5. The monoisotopic (exact) mass is 931 g/mol. The molecule has 0 saturated heterocycles. The Morgan fingerprint density at radius 2 is 0.672 bits per heavy atom. The molecule has 0 aromatic rings. The maximum atomic E-state index is 12.8. The largest absolute Gasteiger partial charge is 0.462 e. The molecule has 0 heterocycles. The summed E-state index contributed by atoms with van der Waals surface area (Å²) in [6.07, 6.45) is 72.4. The molecule has 0 N–H and O–H groups in total. The summed E-state index contributed by atoms with van der Waals surface area (Å²) in [7, 11) is 0. The summed E-state index contributed by atoms with van der Waals surface area (Å²) in [4.78, 5) is 38.1. The number of carbonyl (C=O) groups is 3. The van der Waals surface area contributed by atoms with E-state index in [1.807, 2.05) is 24.3 Å². The highest BCUT2D eigenvalue weighted by molar-refractivity contribution is 5.71. The zero-order chi connectivity index (χ0) is 48.6. The third-order valence-corrected chi connectivity index (χ3v) is 11.7. The van der Waals surface area contributed by atoms with Crippen LogP contribution in [-0.2, 0) is 28.6 Å². The molecule has 0 rings (SSSR count). The molecule has 1 atom stereocenters. The fraction of sp³-hybridized carbons (Fsp3) is 0.689. The van der Waals surface area contributed by atoms with Gasteiger partial charge in [-0.1, -0.05) is 259 Å². The van der Waals surface area contributed by atoms with E-state index in [0.29, 0.717) is 19.3 Å². The van der Waals surface area contributed by atoms with Crippen molar-refractivity contribution in [2.24, 2.45) is 0 Å². The van der Waals surface area contributed by atoms with Gasteiger partial charge in [0, 0.05) is 19.3 Å². The summed E-state index contributed by atoms with van der Waals surface area (Å²) in [5, 5.41) is 0. The van der Waals surface area contributed by atoms with Crippen LogP contribution < -0.4 is 0 Å². The van der Waals surface area contributed by atoms with E-state index in [0.717, 1.165) is 116 Å². The summed E-state index contributed by atoms with van der Waals surface area (Å²) in [6, 6.07) is 0. The van der Waals surface area contributed by atoms with Crippen LogP contribution in [0.25, 0.3) is 0 Å². The molecule has 0 saturated carbocycles. The van der Waals surface area contributed by atoms with E-state index in [-0.39, 0.29) is 31.1 Å². The Labute approximate surface area is 413 Å². The fourth-order valence-electron chi connectivity index (χ4n) is 7.55. The summed E-state index contributed by atoms with van der Waals surface area (Å²) in [6.45, 7) is 6.41. The second-order valence-electron chi connectivity index (χ2n) is 18.2. The van der Waals surface area contributed by atoms with Crippen molar-refractivity contribution in [3.8, 4) is 0 Å². The van der Waals surface area contributed by atoms with E-state index in [2.05, 4.69) is 93.7 Å². The smallest absolute Gasteiger partial charge is 0.306 e. The van der Waals surface area contributed by atoms with Crippen molar-refractivity contribution < 1.29 is 28.6 Å². The molecule has 0 aromatic heterocycles. The molecular formula is C61H102O6. The van der Waals surface area contributed by atoms with Gasteiger partial charge in [-0.25, -0.2) is 0 Å². The topological polar surface area (TPSA) is 78.9 Å². The van der Waals surface area contributed by atoms with Gasteiger partial charge in [-0.05, 0) is 70.6 Å². The second kappa shape index (κ2) is 54.9. The van der Waals surface area contributed by atoms with Crippen LogP contribution in [0.5, 0.6) is 0 Å². The molecule has 1 unspecified atom stereocenters. The van der Waals surface area contributed by atoms with Crippen molar-refractivity contribution in [2.45, 2.75) is 258 Å². The Hall–Kier alpha value is -3.67. The number of hydrogen-bond acceptors (Lipinski definition) is 6. The Bertz CT molecular complexity index is 1350. The standard InChI is InChI=1S/C61H102O6/c1-4-7-10-13-16-19-22-25-28-30-32-33-36-39-42-45-48-51-54-60(63)66-57-58(56-65-59(62)53-50-47-44-41-38-35-27-24-21-18-15-12-9-6-3)67-61(64)55-52-49-46-43-40-37-34-31-29-26-23-20-17-14-11-8-5-2/h9-10,12-13,16,18-19,21-22,25,27-28,30,32-33,35,58H,4-8,11,14-15,17,20,23-24,26,29,31,34,36-57H2,1-3H3/b12-9-,13-10-,19-16-,21-18-,25-22-,30-28-,33-32-,35-27-. The maximum Gasteiger partial charge on any atom is 0.306 e. The molecule has 0 bridgehead atoms. The molecular weight excluding hydrogens is 829 g/mol. The van der Waals surface area contributed by atoms with Crippen LogP contribution >= 0.6 is 0 Å². The predicted molar refractivity (Wildman–Crippen MR) is 288 cm³/mol. The molecule has 0 amide bonds. The summed E-state index contributed by atoms with van der Waals surface area (Å²) < 4.78 is 16.8. The normalized spacial score (nSPS) is 12.8. The first-order chi connectivity index (χ1) is 33.0. The third kappa shape index (κ3) is 53.2. The minimum atomic E-state index is -0.797. The van der Waals surface area contributed by atoms with E-state index in [1.165, 1.54) is 96.3 Å². The van der Waals surface area contributed by atoms with Gasteiger partial charge in [0.1, 0.15) is 13.2 Å². The van der Waals surface area contributed by atoms with Gasteiger partial charge in [-0.2, -0.15) is 0 Å². The first-order valence-corrected chi connectivity index (χ1v) is 27.8. The maximum absolute atomic E-state index is 12.8. The van der Waals surface area contributed by atoms with Crippen molar-refractivity contribution in [2.75, 3.05) is 13.2 Å². The quantitative estimate of drug-likeness (QED) is 0.0199. The van der Waals surface area contributed by atoms with Crippen LogP contribution in [0.2, 0.25) is 0 Å². The van der Waals surface area contributed by atoms with Crippen LogP contribution in [0.15, 0.2) is 97.2 Å². The minimum Gasteiger partial charge on any atom is -0.462 e. The number of ether oxygens (including phenoxy) is 3. The SMILES string of the molecule is CC/C=C\C/C=C\C/C=C\CCCCCCC(=O)OCC(COC(=O)CCCCCCC\C=C/C=C\C=C/C=C\C=C/CCC)OC(=O)CCCCCCCCCCCCCCCCCCC. The Kier molecular flexibility index (Phi) is 51.9. The van der Waals surface area contributed by atoms with Gasteiger partial charge >= 0.3 is 17.9 Å². The van der Waals surface area contributed by atoms with Crippen LogP contribution in [0.1, 0.15) is 252 Å². The van der Waals surface area contributed by atoms with Crippen molar-refractivity contribution in [3.05, 3.63) is 97.2 Å². The van der Waals surface area contributed by atoms with Gasteiger partial charge in [0.25, 0.3) is 0 Å². The van der Waals surface area contributed by atoms with Gasteiger partial charge in [-0.15, -0.1) is 0 Å². The molecule has 382 valence electrons. The van der Waals surface area contributed by atoms with E-state index in [9.17, 15) is 14.4 Å². The number of hydrogen-bond donors (Lipinski definition) is 0. The van der Waals surface area contributed by atoms with Crippen molar-refractivity contribution in [1.82, 2.24) is 0 Å². The van der Waals surface area contributed by atoms with E-state index >= 15 is 0 Å². The van der Waals surface area contributed by atoms with Crippen molar-refractivity contribution in [1.29, 1.82) is 0 Å². The van der Waals surface area contributed by atoms with Crippen LogP contribution in [-0.4, -0.2) is 37.2 Å². The summed E-state index contributed by atoms with van der Waals surface area (Å²) >= 11 is 0.